The summed E-state index contributed by atoms with van der Waals surface area (Å²) in [5.74, 6) is 1.72. The van der Waals surface area contributed by atoms with Crippen molar-refractivity contribution in [2.75, 3.05) is 13.1 Å². The number of hydrogen-bond acceptors (Lipinski definition) is 3. The number of aromatic nitrogens is 1. The molecule has 1 aliphatic rings. The number of hydrogen-bond donors (Lipinski definition) is 0. The van der Waals surface area contributed by atoms with Crippen LogP contribution in [0.5, 0.6) is 0 Å². The molecule has 0 N–H and O–H groups in total. The van der Waals surface area contributed by atoms with Gasteiger partial charge in [-0.2, -0.15) is 0 Å². The van der Waals surface area contributed by atoms with Crippen LogP contribution in [0.3, 0.4) is 0 Å². The van der Waals surface area contributed by atoms with Crippen molar-refractivity contribution >= 4 is 40.9 Å². The molecule has 2 atom stereocenters. The van der Waals surface area contributed by atoms with Gasteiger partial charge in [-0.3, -0.25) is 4.79 Å². The Kier molecular flexibility index (Phi) is 6.72. The molecular formula is C21H24Cl2N2OS. The molecule has 0 spiro atoms. The minimum atomic E-state index is 0.0247. The third kappa shape index (κ3) is 5.18. The largest absolute Gasteiger partial charge is 0.337 e. The monoisotopic (exact) mass is 422 g/mol. The van der Waals surface area contributed by atoms with E-state index in [0.717, 1.165) is 29.2 Å². The maximum atomic E-state index is 12.9. The van der Waals surface area contributed by atoms with Crippen LogP contribution >= 0.6 is 35.0 Å². The standard InChI is InChI=1S/C21H24Cl2N2OS/c1-13-7-14(2)11-25(10-13)21(26)19-6-4-5-16(24-19)12-27-20-9-17(22)15(3)8-18(20)23/h4-6,8-9,13-14H,7,10-12H2,1-3H3. The third-order valence-corrected chi connectivity index (χ3v) is 6.69. The van der Waals surface area contributed by atoms with Crippen molar-refractivity contribution in [2.24, 2.45) is 11.8 Å². The highest BCUT2D eigenvalue weighted by atomic mass is 35.5. The SMILES string of the molecule is Cc1cc(Cl)c(SCc2cccc(C(=O)N3CC(C)CC(C)C3)n2)cc1Cl. The van der Waals surface area contributed by atoms with Gasteiger partial charge in [-0.15, -0.1) is 11.8 Å². The number of carbonyl (C=O) groups excluding carboxylic acids is 1. The molecule has 1 amide bonds. The molecule has 3 nitrogen and oxygen atoms in total. The zero-order chi connectivity index (χ0) is 19.6. The Morgan fingerprint density at radius 1 is 1.19 bits per heavy atom. The third-order valence-electron chi connectivity index (χ3n) is 4.77. The quantitative estimate of drug-likeness (QED) is 0.557. The Morgan fingerprint density at radius 3 is 2.59 bits per heavy atom. The second-order valence-electron chi connectivity index (χ2n) is 7.49. The summed E-state index contributed by atoms with van der Waals surface area (Å²) in [6.07, 6.45) is 1.17. The minimum Gasteiger partial charge on any atom is -0.337 e. The Bertz CT molecular complexity index is 833. The number of piperidine rings is 1. The normalized spacial score (nSPS) is 20.0. The fourth-order valence-electron chi connectivity index (χ4n) is 3.56. The fourth-order valence-corrected chi connectivity index (χ4v) is 5.03. The Labute approximate surface area is 175 Å². The summed E-state index contributed by atoms with van der Waals surface area (Å²) in [4.78, 5) is 20.3. The first-order valence-corrected chi connectivity index (χ1v) is 10.9. The van der Waals surface area contributed by atoms with E-state index in [1.807, 2.05) is 36.1 Å². The molecule has 0 saturated carbocycles. The highest BCUT2D eigenvalue weighted by molar-refractivity contribution is 7.98. The maximum Gasteiger partial charge on any atom is 0.272 e. The van der Waals surface area contributed by atoms with Crippen LogP contribution in [-0.4, -0.2) is 28.9 Å². The number of aryl methyl sites for hydroxylation is 1. The van der Waals surface area contributed by atoms with Crippen LogP contribution in [0.1, 0.15) is 42.0 Å². The fraction of sp³-hybridized carbons (Fsp3) is 0.429. The molecule has 2 unspecified atom stereocenters. The van der Waals surface area contributed by atoms with Crippen molar-refractivity contribution in [3.8, 4) is 0 Å². The van der Waals surface area contributed by atoms with E-state index in [-0.39, 0.29) is 5.91 Å². The number of amides is 1. The average Bonchev–Trinajstić information content (AvgIpc) is 2.62. The topological polar surface area (TPSA) is 33.2 Å². The van der Waals surface area contributed by atoms with Gasteiger partial charge < -0.3 is 4.90 Å². The molecule has 1 aliphatic heterocycles. The van der Waals surface area contributed by atoms with Crippen molar-refractivity contribution in [1.29, 1.82) is 0 Å². The van der Waals surface area contributed by atoms with Gasteiger partial charge in [0.25, 0.3) is 5.91 Å². The molecule has 1 saturated heterocycles. The van der Waals surface area contributed by atoms with E-state index >= 15 is 0 Å². The lowest BCUT2D eigenvalue weighted by atomic mass is 9.92. The molecule has 2 aromatic rings. The number of likely N-dealkylation sites (tertiary alicyclic amines) is 1. The highest BCUT2D eigenvalue weighted by Gasteiger charge is 2.26. The molecule has 27 heavy (non-hydrogen) atoms. The molecule has 6 heteroatoms. The van der Waals surface area contributed by atoms with Crippen molar-refractivity contribution in [2.45, 2.75) is 37.8 Å². The highest BCUT2D eigenvalue weighted by Crippen LogP contribution is 2.33. The van der Waals surface area contributed by atoms with Gasteiger partial charge in [-0.05, 0) is 55.0 Å². The van der Waals surface area contributed by atoms with Crippen LogP contribution in [0.4, 0.5) is 0 Å². The molecule has 1 fully saturated rings. The number of rotatable bonds is 4. The van der Waals surface area contributed by atoms with E-state index in [0.29, 0.717) is 33.3 Å². The number of halogens is 2. The predicted molar refractivity (Wildman–Crippen MR) is 114 cm³/mol. The van der Waals surface area contributed by atoms with E-state index in [9.17, 15) is 4.79 Å². The van der Waals surface area contributed by atoms with Gasteiger partial charge in [0.05, 0.1) is 10.7 Å². The van der Waals surface area contributed by atoms with E-state index in [2.05, 4.69) is 18.8 Å². The molecular weight excluding hydrogens is 399 g/mol. The van der Waals surface area contributed by atoms with Crippen LogP contribution in [0, 0.1) is 18.8 Å². The Morgan fingerprint density at radius 2 is 1.89 bits per heavy atom. The van der Waals surface area contributed by atoms with Gasteiger partial charge in [0.2, 0.25) is 0 Å². The minimum absolute atomic E-state index is 0.0247. The molecule has 144 valence electrons. The van der Waals surface area contributed by atoms with Gasteiger partial charge in [-0.25, -0.2) is 4.98 Å². The van der Waals surface area contributed by atoms with Crippen LogP contribution < -0.4 is 0 Å². The number of pyridine rings is 1. The lowest BCUT2D eigenvalue weighted by Gasteiger charge is -2.34. The van der Waals surface area contributed by atoms with Crippen LogP contribution in [0.2, 0.25) is 10.0 Å². The molecule has 1 aromatic carbocycles. The summed E-state index contributed by atoms with van der Waals surface area (Å²) in [6.45, 7) is 7.95. The molecule has 0 radical (unpaired) electrons. The Balaban J connectivity index is 1.70. The van der Waals surface area contributed by atoms with Gasteiger partial charge in [0, 0.05) is 28.8 Å². The first-order valence-electron chi connectivity index (χ1n) is 9.17. The van der Waals surface area contributed by atoms with Crippen LogP contribution in [0.15, 0.2) is 35.2 Å². The van der Waals surface area contributed by atoms with Crippen LogP contribution in [0.25, 0.3) is 0 Å². The summed E-state index contributed by atoms with van der Waals surface area (Å²) in [5.41, 5.74) is 2.33. The summed E-state index contributed by atoms with van der Waals surface area (Å²) in [5, 5.41) is 1.39. The van der Waals surface area contributed by atoms with Gasteiger partial charge in [0.1, 0.15) is 5.69 Å². The molecule has 0 aliphatic carbocycles. The number of nitrogens with zero attached hydrogens (tertiary/aromatic N) is 2. The second kappa shape index (κ2) is 8.85. The smallest absolute Gasteiger partial charge is 0.272 e. The van der Waals surface area contributed by atoms with Crippen molar-refractivity contribution in [3.05, 3.63) is 57.3 Å². The van der Waals surface area contributed by atoms with E-state index in [1.54, 1.807) is 17.8 Å². The van der Waals surface area contributed by atoms with E-state index in [4.69, 9.17) is 23.2 Å². The van der Waals surface area contributed by atoms with Crippen molar-refractivity contribution < 1.29 is 4.79 Å². The van der Waals surface area contributed by atoms with E-state index in [1.165, 1.54) is 6.42 Å². The zero-order valence-electron chi connectivity index (χ0n) is 15.8. The first kappa shape index (κ1) is 20.5. The number of thioether (sulfide) groups is 1. The molecule has 3 rings (SSSR count). The molecule has 0 bridgehead atoms. The van der Waals surface area contributed by atoms with Gasteiger partial charge in [-0.1, -0.05) is 43.1 Å². The summed E-state index contributed by atoms with van der Waals surface area (Å²) < 4.78 is 0. The lowest BCUT2D eigenvalue weighted by molar-refractivity contribution is 0.0617. The maximum absolute atomic E-state index is 12.9. The average molecular weight is 423 g/mol. The Hall–Kier alpha value is -1.23. The van der Waals surface area contributed by atoms with Crippen molar-refractivity contribution in [1.82, 2.24) is 9.88 Å². The first-order chi connectivity index (χ1) is 12.8. The predicted octanol–water partition coefficient (Wildman–Crippen LogP) is 6.11. The van der Waals surface area contributed by atoms with Gasteiger partial charge in [0.15, 0.2) is 0 Å². The van der Waals surface area contributed by atoms with Gasteiger partial charge >= 0.3 is 0 Å². The number of carbonyl (C=O) groups is 1. The lowest BCUT2D eigenvalue weighted by Crippen LogP contribution is -2.42. The zero-order valence-corrected chi connectivity index (χ0v) is 18.2. The number of benzene rings is 1. The second-order valence-corrected chi connectivity index (χ2v) is 9.32. The van der Waals surface area contributed by atoms with Crippen molar-refractivity contribution in [3.63, 3.8) is 0 Å². The van der Waals surface area contributed by atoms with E-state index < -0.39 is 0 Å². The summed E-state index contributed by atoms with van der Waals surface area (Å²) in [6, 6.07) is 9.40. The molecule has 2 heterocycles. The van der Waals surface area contributed by atoms with Crippen LogP contribution in [-0.2, 0) is 5.75 Å². The summed E-state index contributed by atoms with van der Waals surface area (Å²) >= 11 is 14.1. The summed E-state index contributed by atoms with van der Waals surface area (Å²) in [7, 11) is 0. The molecule has 1 aromatic heterocycles.